The van der Waals surface area contributed by atoms with Crippen LogP contribution in [0.3, 0.4) is 0 Å². The summed E-state index contributed by atoms with van der Waals surface area (Å²) < 4.78 is 0. The fourth-order valence-electron chi connectivity index (χ4n) is 4.03. The number of hydrogen-bond donors (Lipinski definition) is 10. The largest absolute Gasteiger partial charge is 0.508 e. The lowest BCUT2D eigenvalue weighted by Crippen LogP contribution is -2.58. The molecule has 0 radical (unpaired) electrons. The number of nitrogens with one attached hydrogen (secondary N) is 3. The Bertz CT molecular complexity index is 1330. The van der Waals surface area contributed by atoms with E-state index in [1.54, 1.807) is 12.1 Å². The number of aromatic hydroxyl groups is 2. The second-order valence-corrected chi connectivity index (χ2v) is 9.92. The quantitative estimate of drug-likeness (QED) is 0.0540. The van der Waals surface area contributed by atoms with E-state index < -0.39 is 60.2 Å². The minimum Gasteiger partial charge on any atom is -0.508 e. The van der Waals surface area contributed by atoms with Crippen molar-refractivity contribution in [2.24, 2.45) is 22.2 Å². The van der Waals surface area contributed by atoms with E-state index in [9.17, 15) is 39.3 Å². The zero-order valence-corrected chi connectivity index (χ0v) is 23.7. The van der Waals surface area contributed by atoms with Crippen LogP contribution in [0.15, 0.2) is 53.5 Å². The van der Waals surface area contributed by atoms with Gasteiger partial charge < -0.3 is 53.6 Å². The summed E-state index contributed by atoms with van der Waals surface area (Å²) in [5, 5.41) is 44.7. The van der Waals surface area contributed by atoms with Crippen LogP contribution >= 0.6 is 0 Å². The van der Waals surface area contributed by atoms with Gasteiger partial charge in [0.25, 0.3) is 0 Å². The maximum atomic E-state index is 13.5. The fourth-order valence-corrected chi connectivity index (χ4v) is 4.03. The molecule has 0 aliphatic rings. The maximum Gasteiger partial charge on any atom is 0.326 e. The van der Waals surface area contributed by atoms with Gasteiger partial charge in [-0.1, -0.05) is 24.3 Å². The van der Waals surface area contributed by atoms with Gasteiger partial charge in [-0.2, -0.15) is 0 Å². The van der Waals surface area contributed by atoms with Crippen LogP contribution in [-0.2, 0) is 36.8 Å². The first kappa shape index (κ1) is 34.8. The Morgan fingerprint density at radius 1 is 0.705 bits per heavy atom. The number of carboxylic acid groups (broad SMARTS) is 2. The van der Waals surface area contributed by atoms with Gasteiger partial charge in [-0.05, 0) is 54.7 Å². The molecule has 16 heteroatoms. The Morgan fingerprint density at radius 3 is 1.68 bits per heavy atom. The Hall–Kier alpha value is -5.38. The van der Waals surface area contributed by atoms with Crippen molar-refractivity contribution in [1.29, 1.82) is 0 Å². The minimum absolute atomic E-state index is 0.0184. The molecule has 2 aromatic carbocycles. The molecule has 16 nitrogen and oxygen atoms in total. The first-order valence-electron chi connectivity index (χ1n) is 13.5. The van der Waals surface area contributed by atoms with E-state index in [4.69, 9.17) is 22.3 Å². The zero-order valence-electron chi connectivity index (χ0n) is 23.7. The van der Waals surface area contributed by atoms with Crippen molar-refractivity contribution in [2.75, 3.05) is 6.54 Å². The number of guanidine groups is 1. The van der Waals surface area contributed by atoms with Crippen LogP contribution in [0.4, 0.5) is 0 Å². The Labute approximate surface area is 252 Å². The zero-order chi connectivity index (χ0) is 32.8. The number of benzene rings is 2. The van der Waals surface area contributed by atoms with Crippen molar-refractivity contribution in [3.8, 4) is 11.5 Å². The summed E-state index contributed by atoms with van der Waals surface area (Å²) in [5.74, 6) is -5.75. The molecule has 0 saturated heterocycles. The molecule has 0 aliphatic heterocycles. The van der Waals surface area contributed by atoms with E-state index in [1.165, 1.54) is 36.4 Å². The summed E-state index contributed by atoms with van der Waals surface area (Å²) in [5.41, 5.74) is 17.9. The lowest BCUT2D eigenvalue weighted by atomic mass is 10.0. The van der Waals surface area contributed by atoms with Crippen LogP contribution in [-0.4, -0.2) is 86.8 Å². The molecule has 238 valence electrons. The average molecular weight is 616 g/mol. The van der Waals surface area contributed by atoms with E-state index in [-0.39, 0.29) is 49.7 Å². The highest BCUT2D eigenvalue weighted by Crippen LogP contribution is 2.13. The van der Waals surface area contributed by atoms with Gasteiger partial charge >= 0.3 is 11.9 Å². The number of aliphatic imine (C=N–C) groups is 1. The Morgan fingerprint density at radius 2 is 1.18 bits per heavy atom. The molecule has 0 bridgehead atoms. The number of nitrogens with two attached hydrogens (primary N) is 3. The second-order valence-electron chi connectivity index (χ2n) is 9.92. The minimum atomic E-state index is -1.79. The van der Waals surface area contributed by atoms with Gasteiger partial charge in [0, 0.05) is 13.0 Å². The second kappa shape index (κ2) is 16.9. The number of aliphatic carboxylic acids is 2. The predicted molar refractivity (Wildman–Crippen MR) is 157 cm³/mol. The molecule has 0 aliphatic carbocycles. The Kier molecular flexibility index (Phi) is 13.4. The van der Waals surface area contributed by atoms with Crippen molar-refractivity contribution in [2.45, 2.75) is 56.3 Å². The molecule has 0 saturated carbocycles. The molecule has 4 unspecified atom stereocenters. The highest BCUT2D eigenvalue weighted by Gasteiger charge is 2.31. The summed E-state index contributed by atoms with van der Waals surface area (Å²) in [7, 11) is 0. The average Bonchev–Trinajstić information content (AvgIpc) is 2.95. The van der Waals surface area contributed by atoms with Crippen LogP contribution < -0.4 is 33.2 Å². The number of carboxylic acids is 2. The molecule has 3 amide bonds. The molecule has 0 aromatic heterocycles. The number of phenols is 2. The van der Waals surface area contributed by atoms with E-state index in [1.807, 2.05) is 0 Å². The van der Waals surface area contributed by atoms with Gasteiger partial charge in [-0.15, -0.1) is 0 Å². The van der Waals surface area contributed by atoms with Crippen LogP contribution in [0.25, 0.3) is 0 Å². The highest BCUT2D eigenvalue weighted by atomic mass is 16.4. The number of hydrogen-bond acceptors (Lipinski definition) is 9. The summed E-state index contributed by atoms with van der Waals surface area (Å²) in [6.45, 7) is 0.119. The summed E-state index contributed by atoms with van der Waals surface area (Å²) in [6.07, 6.45) is -0.751. The number of nitrogens with zero attached hydrogens (tertiary/aromatic N) is 1. The van der Waals surface area contributed by atoms with Crippen LogP contribution in [0.2, 0.25) is 0 Å². The van der Waals surface area contributed by atoms with Gasteiger partial charge in [0.05, 0.1) is 12.5 Å². The first-order chi connectivity index (χ1) is 20.7. The third-order valence-electron chi connectivity index (χ3n) is 6.31. The van der Waals surface area contributed by atoms with Gasteiger partial charge in [-0.25, -0.2) is 4.79 Å². The normalized spacial score (nSPS) is 13.4. The van der Waals surface area contributed by atoms with E-state index >= 15 is 0 Å². The highest BCUT2D eigenvalue weighted by molar-refractivity contribution is 5.94. The van der Waals surface area contributed by atoms with Crippen molar-refractivity contribution in [3.63, 3.8) is 0 Å². The molecule has 13 N–H and O–H groups in total. The number of rotatable bonds is 17. The molecule has 2 rings (SSSR count). The molecular formula is C28H37N7O9. The molecule has 0 heterocycles. The maximum absolute atomic E-state index is 13.5. The lowest BCUT2D eigenvalue weighted by molar-refractivity contribution is -0.147. The fraction of sp³-hybridized carbons (Fsp3) is 0.357. The van der Waals surface area contributed by atoms with Crippen LogP contribution in [0.5, 0.6) is 11.5 Å². The SMILES string of the molecule is NC(N)=NCCCC(NC(=O)C(N)Cc1ccc(O)cc1)C(=O)NC(Cc1ccc(O)cc1)C(=O)NC(CC(=O)O)C(=O)O. The van der Waals surface area contributed by atoms with Gasteiger partial charge in [-0.3, -0.25) is 24.2 Å². The third kappa shape index (κ3) is 12.2. The van der Waals surface area contributed by atoms with Gasteiger partial charge in [0.2, 0.25) is 17.7 Å². The van der Waals surface area contributed by atoms with E-state index in [0.29, 0.717) is 11.1 Å². The summed E-state index contributed by atoms with van der Waals surface area (Å²) >= 11 is 0. The first-order valence-corrected chi connectivity index (χ1v) is 13.5. The van der Waals surface area contributed by atoms with Crippen LogP contribution in [0, 0.1) is 0 Å². The molecule has 44 heavy (non-hydrogen) atoms. The molecule has 0 spiro atoms. The van der Waals surface area contributed by atoms with Crippen LogP contribution in [0.1, 0.15) is 30.4 Å². The lowest BCUT2D eigenvalue weighted by Gasteiger charge is -2.25. The molecule has 2 aromatic rings. The molecule has 0 fully saturated rings. The Balaban J connectivity index is 2.27. The predicted octanol–water partition coefficient (Wildman–Crippen LogP) is -1.72. The van der Waals surface area contributed by atoms with Crippen molar-refractivity contribution in [3.05, 3.63) is 59.7 Å². The van der Waals surface area contributed by atoms with Crippen molar-refractivity contribution in [1.82, 2.24) is 16.0 Å². The monoisotopic (exact) mass is 615 g/mol. The number of carbonyl (C=O) groups excluding carboxylic acids is 3. The summed E-state index contributed by atoms with van der Waals surface area (Å²) in [4.78, 5) is 66.1. The molecule has 4 atom stereocenters. The van der Waals surface area contributed by atoms with E-state index in [0.717, 1.165) is 0 Å². The molecular weight excluding hydrogens is 578 g/mol. The number of phenolic OH excluding ortho intramolecular Hbond substituents is 2. The standard InChI is InChI=1S/C28H37N7O9/c29-19(12-15-3-7-17(36)8-4-15)24(40)33-20(2-1-11-32-28(30)31)25(41)34-21(13-16-5-9-18(37)10-6-16)26(42)35-22(27(43)44)14-23(38)39/h3-10,19-22,36-37H,1-2,11-14,29H2,(H,33,40)(H,34,41)(H,35,42)(H,38,39)(H,43,44)(H4,30,31,32). The third-order valence-corrected chi connectivity index (χ3v) is 6.31. The van der Waals surface area contributed by atoms with Gasteiger partial charge in [0.1, 0.15) is 29.6 Å². The van der Waals surface area contributed by atoms with Crippen molar-refractivity contribution >= 4 is 35.6 Å². The number of amides is 3. The smallest absolute Gasteiger partial charge is 0.326 e. The van der Waals surface area contributed by atoms with Crippen molar-refractivity contribution < 1.29 is 44.4 Å². The number of carbonyl (C=O) groups is 5. The summed E-state index contributed by atoms with van der Waals surface area (Å²) in [6, 6.07) is 6.18. The van der Waals surface area contributed by atoms with E-state index in [2.05, 4.69) is 20.9 Å². The topological polar surface area (TPSA) is 293 Å². The van der Waals surface area contributed by atoms with Gasteiger partial charge in [0.15, 0.2) is 5.96 Å².